The van der Waals surface area contributed by atoms with E-state index in [1.165, 1.54) is 0 Å². The predicted molar refractivity (Wildman–Crippen MR) is 67.5 cm³/mol. The van der Waals surface area contributed by atoms with E-state index in [-0.39, 0.29) is 4.90 Å². The van der Waals surface area contributed by atoms with Crippen LogP contribution in [0.3, 0.4) is 0 Å². The van der Waals surface area contributed by atoms with Gasteiger partial charge in [-0.3, -0.25) is 29.4 Å². The molecule has 1 aromatic rings. The Labute approximate surface area is 123 Å². The number of fused-ring (bicyclic) bond motifs is 1. The predicted octanol–water partition coefficient (Wildman–Crippen LogP) is -0.330. The highest BCUT2D eigenvalue weighted by Crippen LogP contribution is 2.30. The summed E-state index contributed by atoms with van der Waals surface area (Å²) in [4.78, 5) is 49.3. The van der Waals surface area contributed by atoms with Crippen LogP contribution in [0.1, 0.15) is 43.1 Å². The summed E-state index contributed by atoms with van der Waals surface area (Å²) in [5.41, 5.74) is 3.70. The molecule has 7 heteroatoms. The van der Waals surface area contributed by atoms with Crippen LogP contribution < -0.4 is 11.1 Å². The molecule has 0 spiro atoms. The number of carbonyl (C=O) groups excluding carboxylic acids is 4. The van der Waals surface area contributed by atoms with Gasteiger partial charge in [-0.2, -0.15) is 0 Å². The molecule has 0 aromatic heterocycles. The summed E-state index contributed by atoms with van der Waals surface area (Å²) in [7, 11) is 0. The molecule has 1 fully saturated rings. The molecule has 1 atom stereocenters. The molecule has 7 nitrogen and oxygen atoms in total. The van der Waals surface area contributed by atoms with Crippen molar-refractivity contribution in [1.29, 1.82) is 0 Å². The fraction of sp³-hybridized carbons (Fsp3) is 0.231. The Morgan fingerprint density at radius 2 is 2.05 bits per heavy atom. The molecule has 1 unspecified atom stereocenters. The first-order chi connectivity index (χ1) is 12.3. The van der Waals surface area contributed by atoms with Crippen molar-refractivity contribution in [2.24, 2.45) is 0 Å². The van der Waals surface area contributed by atoms with Crippen LogP contribution in [0.25, 0.3) is 0 Å². The van der Waals surface area contributed by atoms with Crippen LogP contribution in [-0.4, -0.2) is 34.6 Å². The number of nitrogens with one attached hydrogen (secondary N) is 1. The molecule has 1 aromatic carbocycles. The average Bonchev–Trinajstić information content (AvgIpc) is 2.81. The Kier molecular flexibility index (Phi) is 1.38. The van der Waals surface area contributed by atoms with E-state index in [2.05, 4.69) is 0 Å². The Morgan fingerprint density at radius 1 is 1.30 bits per heavy atom. The van der Waals surface area contributed by atoms with Gasteiger partial charge in [0.2, 0.25) is 11.8 Å². The van der Waals surface area contributed by atoms with Crippen molar-refractivity contribution in [3.05, 3.63) is 29.3 Å². The van der Waals surface area contributed by atoms with Crippen LogP contribution >= 0.6 is 0 Å². The number of nitrogens with zero attached hydrogens (tertiary/aromatic N) is 1. The van der Waals surface area contributed by atoms with E-state index in [4.69, 9.17) is 15.3 Å². The topological polar surface area (TPSA) is 110 Å². The summed E-state index contributed by atoms with van der Waals surface area (Å²) in [6.07, 6.45) is -6.54. The van der Waals surface area contributed by atoms with Crippen molar-refractivity contribution >= 4 is 29.3 Å². The number of benzene rings is 1. The monoisotopic (exact) mass is 280 g/mol. The Morgan fingerprint density at radius 3 is 2.80 bits per heavy atom. The summed E-state index contributed by atoms with van der Waals surface area (Å²) >= 11 is 0. The largest absolute Gasteiger partial charge is 0.398 e. The Balaban J connectivity index is 2.23. The second-order valence-electron chi connectivity index (χ2n) is 4.01. The molecule has 2 aliphatic rings. The standard InChI is InChI=1S/C13H11N3O4/c14-7-3-1-2-6-10(7)13(20)16(12(6)19)8-4-5-9(17)15-11(8)18/h1-3,8H,4-5,14H2,(H,15,17,18)/i1D,2D,3D,4D2,5D2. The lowest BCUT2D eigenvalue weighted by atomic mass is 10.0. The van der Waals surface area contributed by atoms with Crippen molar-refractivity contribution in [1.82, 2.24) is 10.2 Å². The number of amides is 4. The zero-order valence-electron chi connectivity index (χ0n) is 16.7. The van der Waals surface area contributed by atoms with E-state index in [0.717, 1.165) is 0 Å². The minimum Gasteiger partial charge on any atom is -0.398 e. The summed E-state index contributed by atoms with van der Waals surface area (Å²) in [6.45, 7) is 0. The first-order valence-corrected chi connectivity index (χ1v) is 5.39. The van der Waals surface area contributed by atoms with Gasteiger partial charge in [0, 0.05) is 17.5 Å². The maximum atomic E-state index is 12.7. The molecule has 3 rings (SSSR count). The Bertz CT molecular complexity index is 915. The highest BCUT2D eigenvalue weighted by atomic mass is 16.2. The third-order valence-electron chi connectivity index (χ3n) is 2.84. The maximum Gasteiger partial charge on any atom is 0.264 e. The van der Waals surface area contributed by atoms with Gasteiger partial charge in [0.25, 0.3) is 11.8 Å². The second kappa shape index (κ2) is 4.16. The molecular weight excluding hydrogens is 262 g/mol. The van der Waals surface area contributed by atoms with Gasteiger partial charge in [-0.15, -0.1) is 0 Å². The lowest BCUT2D eigenvalue weighted by Crippen LogP contribution is -2.54. The summed E-state index contributed by atoms with van der Waals surface area (Å²) in [5, 5.41) is 1.58. The van der Waals surface area contributed by atoms with Crippen LogP contribution in [0.15, 0.2) is 18.1 Å². The number of imide groups is 2. The smallest absolute Gasteiger partial charge is 0.264 e. The van der Waals surface area contributed by atoms with Crippen molar-refractivity contribution in [3.63, 3.8) is 0 Å². The van der Waals surface area contributed by atoms with Crippen LogP contribution in [-0.2, 0) is 9.59 Å². The van der Waals surface area contributed by atoms with E-state index in [0.29, 0.717) is 0 Å². The second-order valence-corrected chi connectivity index (χ2v) is 4.01. The minimum atomic E-state index is -3.29. The third kappa shape index (κ3) is 1.59. The number of nitrogens with two attached hydrogens (primary N) is 1. The van der Waals surface area contributed by atoms with Crippen molar-refractivity contribution in [3.8, 4) is 0 Å². The molecule has 0 aliphatic carbocycles. The maximum absolute atomic E-state index is 12.7. The molecule has 102 valence electrons. The van der Waals surface area contributed by atoms with E-state index < -0.39 is 77.4 Å². The molecule has 2 heterocycles. The number of nitrogen functional groups attached to an aromatic ring is 1. The highest BCUT2D eigenvalue weighted by Gasteiger charge is 2.45. The highest BCUT2D eigenvalue weighted by molar-refractivity contribution is 6.25. The van der Waals surface area contributed by atoms with Crippen molar-refractivity contribution in [2.75, 3.05) is 5.73 Å². The fourth-order valence-electron chi connectivity index (χ4n) is 1.96. The van der Waals surface area contributed by atoms with Gasteiger partial charge in [0.1, 0.15) is 6.04 Å². The van der Waals surface area contributed by atoms with Gasteiger partial charge in [-0.1, -0.05) is 6.04 Å². The summed E-state index contributed by atoms with van der Waals surface area (Å²) in [6, 6.07) is -4.60. The van der Waals surface area contributed by atoms with Crippen LogP contribution in [0.4, 0.5) is 5.69 Å². The van der Waals surface area contributed by atoms with E-state index in [1.54, 1.807) is 5.32 Å². The van der Waals surface area contributed by atoms with Gasteiger partial charge in [0.15, 0.2) is 0 Å². The molecule has 0 bridgehead atoms. The molecular formula is C13H11N3O4. The fourth-order valence-corrected chi connectivity index (χ4v) is 1.96. The Hall–Kier alpha value is -2.70. The minimum absolute atomic E-state index is 0.0809. The number of piperidine rings is 1. The van der Waals surface area contributed by atoms with Gasteiger partial charge in [-0.25, -0.2) is 0 Å². The van der Waals surface area contributed by atoms with E-state index >= 15 is 0 Å². The first-order valence-electron chi connectivity index (χ1n) is 8.89. The van der Waals surface area contributed by atoms with Crippen molar-refractivity contribution in [2.45, 2.75) is 18.8 Å². The number of anilines is 1. The zero-order chi connectivity index (χ0) is 20.6. The average molecular weight is 280 g/mol. The van der Waals surface area contributed by atoms with Crippen LogP contribution in [0.2, 0.25) is 0 Å². The van der Waals surface area contributed by atoms with Gasteiger partial charge >= 0.3 is 0 Å². The zero-order valence-corrected chi connectivity index (χ0v) is 9.73. The lowest BCUT2D eigenvalue weighted by Gasteiger charge is -2.27. The van der Waals surface area contributed by atoms with Crippen LogP contribution in [0, 0.1) is 0 Å². The normalized spacial score (nSPS) is 32.1. The molecule has 0 saturated carbocycles. The molecule has 4 amide bonds. The SMILES string of the molecule is [2H]c1c([2H])c(N)c2c(c1[2H])C(=O)N(C1C(=O)NC(=O)C([2H])([2H])C1([2H])[2H])C2=O. The molecule has 3 N–H and O–H groups in total. The number of hydrogen-bond acceptors (Lipinski definition) is 5. The summed E-state index contributed by atoms with van der Waals surface area (Å²) < 4.78 is 54.1. The van der Waals surface area contributed by atoms with Gasteiger partial charge in [-0.05, 0) is 18.5 Å². The summed E-state index contributed by atoms with van der Waals surface area (Å²) in [5.74, 6) is -5.64. The third-order valence-corrected chi connectivity index (χ3v) is 2.84. The van der Waals surface area contributed by atoms with Gasteiger partial charge in [0.05, 0.1) is 15.2 Å². The van der Waals surface area contributed by atoms with Crippen LogP contribution in [0.5, 0.6) is 0 Å². The van der Waals surface area contributed by atoms with E-state index in [9.17, 15) is 19.2 Å². The molecule has 20 heavy (non-hydrogen) atoms. The first kappa shape index (κ1) is 6.65. The van der Waals surface area contributed by atoms with Crippen molar-refractivity contribution < 1.29 is 28.8 Å². The number of carbonyl (C=O) groups is 4. The molecule has 0 radical (unpaired) electrons. The lowest BCUT2D eigenvalue weighted by molar-refractivity contribution is -0.136. The van der Waals surface area contributed by atoms with Gasteiger partial charge < -0.3 is 5.73 Å². The number of rotatable bonds is 1. The quantitative estimate of drug-likeness (QED) is 0.540. The number of hydrogen-bond donors (Lipinski definition) is 2. The molecule has 2 aliphatic heterocycles. The molecule has 1 saturated heterocycles. The van der Waals surface area contributed by atoms with E-state index in [1.807, 2.05) is 0 Å².